The number of aromatic nitrogens is 2. The Morgan fingerprint density at radius 1 is 1.20 bits per heavy atom. The van der Waals surface area contributed by atoms with E-state index in [4.69, 9.17) is 0 Å². The monoisotopic (exact) mass is 301 g/mol. The molecule has 1 aliphatic rings. The van der Waals surface area contributed by atoms with Crippen LogP contribution in [-0.4, -0.2) is 16.1 Å². The first kappa shape index (κ1) is 12.0. The average Bonchev–Trinajstić information content (AvgIpc) is 3.04. The zero-order chi connectivity index (χ0) is 13.5. The second-order valence-corrected chi connectivity index (χ2v) is 6.92. The van der Waals surface area contributed by atoms with Crippen LogP contribution in [0.5, 0.6) is 0 Å². The summed E-state index contributed by atoms with van der Waals surface area (Å²) in [6, 6.07) is 9.90. The van der Waals surface area contributed by atoms with Crippen molar-refractivity contribution in [3.63, 3.8) is 0 Å². The van der Waals surface area contributed by atoms with Gasteiger partial charge in [0.2, 0.25) is 5.13 Å². The third kappa shape index (κ3) is 2.21. The fourth-order valence-electron chi connectivity index (χ4n) is 2.03. The number of hydrogen-bond acceptors (Lipinski definition) is 5. The lowest BCUT2D eigenvalue weighted by Crippen LogP contribution is -2.09. The number of carbonyl (C=O) groups excluding carboxylic acids is 1. The van der Waals surface area contributed by atoms with Crippen LogP contribution in [0, 0.1) is 0 Å². The number of fused-ring (bicyclic) bond motifs is 1. The summed E-state index contributed by atoms with van der Waals surface area (Å²) >= 11 is 2.98. The Kier molecular flexibility index (Phi) is 2.78. The van der Waals surface area contributed by atoms with E-state index in [1.165, 1.54) is 35.5 Å². The SMILES string of the molecule is O=C(Nc1nnc(C2CC2)s1)c1cc2ccccc2s1. The molecular weight excluding hydrogens is 290 g/mol. The van der Waals surface area contributed by atoms with Gasteiger partial charge in [0.1, 0.15) is 5.01 Å². The predicted octanol–water partition coefficient (Wildman–Crippen LogP) is 3.88. The molecule has 4 nitrogen and oxygen atoms in total. The van der Waals surface area contributed by atoms with Crippen LogP contribution in [0.2, 0.25) is 0 Å². The second kappa shape index (κ2) is 4.64. The maximum Gasteiger partial charge on any atom is 0.267 e. The van der Waals surface area contributed by atoms with Gasteiger partial charge in [-0.05, 0) is 30.4 Å². The van der Waals surface area contributed by atoms with Gasteiger partial charge >= 0.3 is 0 Å². The molecular formula is C14H11N3OS2. The van der Waals surface area contributed by atoms with Crippen LogP contribution in [0.15, 0.2) is 30.3 Å². The van der Waals surface area contributed by atoms with E-state index in [1.807, 2.05) is 30.3 Å². The summed E-state index contributed by atoms with van der Waals surface area (Å²) in [7, 11) is 0. The average molecular weight is 301 g/mol. The highest BCUT2D eigenvalue weighted by Gasteiger charge is 2.27. The molecule has 0 unspecified atom stereocenters. The van der Waals surface area contributed by atoms with Crippen LogP contribution in [0.1, 0.15) is 33.4 Å². The molecule has 3 aromatic rings. The quantitative estimate of drug-likeness (QED) is 0.798. The molecule has 4 rings (SSSR count). The lowest BCUT2D eigenvalue weighted by molar-refractivity contribution is 0.103. The van der Waals surface area contributed by atoms with E-state index in [2.05, 4.69) is 15.5 Å². The van der Waals surface area contributed by atoms with Crippen molar-refractivity contribution >= 4 is 43.8 Å². The fourth-order valence-corrected chi connectivity index (χ4v) is 3.90. The molecule has 0 aliphatic heterocycles. The summed E-state index contributed by atoms with van der Waals surface area (Å²) in [6.45, 7) is 0. The minimum Gasteiger partial charge on any atom is -0.296 e. The molecule has 0 spiro atoms. The Morgan fingerprint density at radius 3 is 2.85 bits per heavy atom. The molecule has 1 N–H and O–H groups in total. The molecule has 2 aromatic heterocycles. The minimum atomic E-state index is -0.107. The number of rotatable bonds is 3. The Balaban J connectivity index is 1.56. The highest BCUT2D eigenvalue weighted by atomic mass is 32.1. The molecule has 2 heterocycles. The maximum atomic E-state index is 12.2. The van der Waals surface area contributed by atoms with Crippen LogP contribution in [0.25, 0.3) is 10.1 Å². The van der Waals surface area contributed by atoms with Crippen LogP contribution in [0.3, 0.4) is 0 Å². The maximum absolute atomic E-state index is 12.2. The van der Waals surface area contributed by atoms with Gasteiger partial charge in [-0.3, -0.25) is 10.1 Å². The molecule has 1 saturated carbocycles. The fraction of sp³-hybridized carbons (Fsp3) is 0.214. The van der Waals surface area contributed by atoms with Gasteiger partial charge in [-0.25, -0.2) is 0 Å². The van der Waals surface area contributed by atoms with Crippen LogP contribution in [-0.2, 0) is 0 Å². The van der Waals surface area contributed by atoms with Gasteiger partial charge in [0.15, 0.2) is 0 Å². The zero-order valence-electron chi connectivity index (χ0n) is 10.5. The van der Waals surface area contributed by atoms with Crippen molar-refractivity contribution in [3.05, 3.63) is 40.2 Å². The van der Waals surface area contributed by atoms with Gasteiger partial charge in [0, 0.05) is 10.6 Å². The third-order valence-electron chi connectivity index (χ3n) is 3.24. The van der Waals surface area contributed by atoms with Gasteiger partial charge in [-0.15, -0.1) is 21.5 Å². The van der Waals surface area contributed by atoms with Crippen LogP contribution >= 0.6 is 22.7 Å². The summed E-state index contributed by atoms with van der Waals surface area (Å²) < 4.78 is 1.12. The summed E-state index contributed by atoms with van der Waals surface area (Å²) in [5.41, 5.74) is 0. The van der Waals surface area contributed by atoms with Gasteiger partial charge in [-0.2, -0.15) is 0 Å². The van der Waals surface area contributed by atoms with Crippen molar-refractivity contribution in [2.75, 3.05) is 5.32 Å². The standard InChI is InChI=1S/C14H11N3OS2/c18-12(11-7-9-3-1-2-4-10(9)19-11)15-14-17-16-13(20-14)8-5-6-8/h1-4,7-8H,5-6H2,(H,15,17,18). The Labute approximate surface area is 123 Å². The number of hydrogen-bond donors (Lipinski definition) is 1. The molecule has 1 amide bonds. The second-order valence-electron chi connectivity index (χ2n) is 4.82. The van der Waals surface area contributed by atoms with E-state index >= 15 is 0 Å². The van der Waals surface area contributed by atoms with Crippen LogP contribution in [0.4, 0.5) is 5.13 Å². The molecule has 100 valence electrons. The number of anilines is 1. The molecule has 1 aromatic carbocycles. The summed E-state index contributed by atoms with van der Waals surface area (Å²) in [5.74, 6) is 0.465. The van der Waals surface area contributed by atoms with Gasteiger partial charge in [0.05, 0.1) is 4.88 Å². The van der Waals surface area contributed by atoms with Crippen molar-refractivity contribution in [3.8, 4) is 0 Å². The number of benzene rings is 1. The predicted molar refractivity (Wildman–Crippen MR) is 81.7 cm³/mol. The van der Waals surface area contributed by atoms with Crippen molar-refractivity contribution in [1.29, 1.82) is 0 Å². The smallest absolute Gasteiger partial charge is 0.267 e. The Bertz CT molecular complexity index is 755. The Morgan fingerprint density at radius 2 is 2.05 bits per heavy atom. The third-order valence-corrected chi connectivity index (χ3v) is 5.35. The van der Waals surface area contributed by atoms with E-state index in [1.54, 1.807) is 0 Å². The van der Waals surface area contributed by atoms with E-state index < -0.39 is 0 Å². The number of amides is 1. The Hall–Kier alpha value is -1.79. The molecule has 1 fully saturated rings. The van der Waals surface area contributed by atoms with Crippen molar-refractivity contribution < 1.29 is 4.79 Å². The normalized spacial score (nSPS) is 14.6. The summed E-state index contributed by atoms with van der Waals surface area (Å²) in [5, 5.41) is 13.7. The number of nitrogens with zero attached hydrogens (tertiary/aromatic N) is 2. The highest BCUT2D eigenvalue weighted by molar-refractivity contribution is 7.21. The zero-order valence-corrected chi connectivity index (χ0v) is 12.1. The molecule has 0 saturated heterocycles. The van der Waals surface area contributed by atoms with Gasteiger partial charge in [-0.1, -0.05) is 29.5 Å². The topological polar surface area (TPSA) is 54.9 Å². The van der Waals surface area contributed by atoms with Crippen molar-refractivity contribution in [2.45, 2.75) is 18.8 Å². The van der Waals surface area contributed by atoms with Gasteiger partial charge in [0.25, 0.3) is 5.91 Å². The number of nitrogens with one attached hydrogen (secondary N) is 1. The van der Waals surface area contributed by atoms with Crippen molar-refractivity contribution in [1.82, 2.24) is 10.2 Å². The minimum absolute atomic E-state index is 0.107. The lowest BCUT2D eigenvalue weighted by Gasteiger charge is -1.96. The lowest BCUT2D eigenvalue weighted by atomic mass is 10.2. The highest BCUT2D eigenvalue weighted by Crippen LogP contribution is 2.42. The molecule has 1 aliphatic carbocycles. The largest absolute Gasteiger partial charge is 0.296 e. The van der Waals surface area contributed by atoms with Gasteiger partial charge < -0.3 is 0 Å². The molecule has 0 radical (unpaired) electrons. The van der Waals surface area contributed by atoms with Crippen LogP contribution < -0.4 is 5.32 Å². The number of carbonyl (C=O) groups is 1. The first-order chi connectivity index (χ1) is 9.79. The van der Waals surface area contributed by atoms with E-state index in [0.29, 0.717) is 15.9 Å². The van der Waals surface area contributed by atoms with E-state index in [9.17, 15) is 4.79 Å². The molecule has 0 bridgehead atoms. The van der Waals surface area contributed by atoms with Crippen molar-refractivity contribution in [2.24, 2.45) is 0 Å². The first-order valence-electron chi connectivity index (χ1n) is 6.43. The number of thiophene rings is 1. The van der Waals surface area contributed by atoms with E-state index in [0.717, 1.165) is 15.1 Å². The molecule has 20 heavy (non-hydrogen) atoms. The summed E-state index contributed by atoms with van der Waals surface area (Å²) in [6.07, 6.45) is 2.39. The first-order valence-corrected chi connectivity index (χ1v) is 8.06. The molecule has 6 heteroatoms. The molecule has 0 atom stereocenters. The summed E-state index contributed by atoms with van der Waals surface area (Å²) in [4.78, 5) is 12.9. The van der Waals surface area contributed by atoms with E-state index in [-0.39, 0.29) is 5.91 Å².